The van der Waals surface area contributed by atoms with E-state index in [-0.39, 0.29) is 11.9 Å². The van der Waals surface area contributed by atoms with Gasteiger partial charge in [0.05, 0.1) is 6.04 Å². The Kier molecular flexibility index (Phi) is 5.60. The predicted molar refractivity (Wildman–Crippen MR) is 83.7 cm³/mol. The van der Waals surface area contributed by atoms with Gasteiger partial charge in [-0.2, -0.15) is 0 Å². The highest BCUT2D eigenvalue weighted by molar-refractivity contribution is 5.94. The second kappa shape index (κ2) is 7.44. The van der Waals surface area contributed by atoms with E-state index < -0.39 is 0 Å². The molecule has 1 aromatic carbocycles. The molecular weight excluding hydrogens is 248 g/mol. The first-order chi connectivity index (χ1) is 9.66. The number of benzene rings is 1. The standard InChI is InChI=1S/C17H26N2O/c1-13-8-6-7-9-15(13)12-18-14(2)17(20)19-16-10-4-3-5-11-16/h3-5,10-11,13-15,18H,6-9,12H2,1-2H3,(H,19,20). The summed E-state index contributed by atoms with van der Waals surface area (Å²) in [6.07, 6.45) is 5.32. The zero-order valence-corrected chi connectivity index (χ0v) is 12.6. The van der Waals surface area contributed by atoms with Crippen LogP contribution in [0.4, 0.5) is 5.69 Å². The molecule has 1 amide bonds. The maximum absolute atomic E-state index is 12.1. The lowest BCUT2D eigenvalue weighted by molar-refractivity contribution is -0.117. The summed E-state index contributed by atoms with van der Waals surface area (Å²) in [6, 6.07) is 9.47. The first-order valence-electron chi connectivity index (χ1n) is 7.76. The van der Waals surface area contributed by atoms with E-state index in [2.05, 4.69) is 17.6 Å². The van der Waals surface area contributed by atoms with E-state index in [1.165, 1.54) is 25.7 Å². The Hall–Kier alpha value is -1.35. The number of carbonyl (C=O) groups is 1. The predicted octanol–water partition coefficient (Wildman–Crippen LogP) is 3.43. The molecule has 0 aliphatic heterocycles. The van der Waals surface area contributed by atoms with E-state index >= 15 is 0 Å². The Balaban J connectivity index is 1.76. The molecule has 1 aliphatic rings. The smallest absolute Gasteiger partial charge is 0.241 e. The monoisotopic (exact) mass is 274 g/mol. The van der Waals surface area contributed by atoms with Crippen LogP contribution in [0.3, 0.4) is 0 Å². The molecule has 1 aliphatic carbocycles. The number of hydrogen-bond donors (Lipinski definition) is 2. The Morgan fingerprint density at radius 3 is 2.65 bits per heavy atom. The second-order valence-corrected chi connectivity index (χ2v) is 6.01. The number of nitrogens with one attached hydrogen (secondary N) is 2. The average molecular weight is 274 g/mol. The molecule has 20 heavy (non-hydrogen) atoms. The lowest BCUT2D eigenvalue weighted by Crippen LogP contribution is -2.41. The fraction of sp³-hybridized carbons (Fsp3) is 0.588. The van der Waals surface area contributed by atoms with E-state index in [1.54, 1.807) is 0 Å². The molecule has 2 rings (SSSR count). The van der Waals surface area contributed by atoms with Crippen LogP contribution in [-0.4, -0.2) is 18.5 Å². The lowest BCUT2D eigenvalue weighted by Gasteiger charge is -2.29. The van der Waals surface area contributed by atoms with Crippen molar-refractivity contribution in [3.05, 3.63) is 30.3 Å². The van der Waals surface area contributed by atoms with Gasteiger partial charge in [-0.3, -0.25) is 4.79 Å². The summed E-state index contributed by atoms with van der Waals surface area (Å²) in [5, 5.41) is 6.33. The highest BCUT2D eigenvalue weighted by Crippen LogP contribution is 2.28. The van der Waals surface area contributed by atoms with Crippen LogP contribution in [0.1, 0.15) is 39.5 Å². The van der Waals surface area contributed by atoms with Crippen molar-refractivity contribution in [3.63, 3.8) is 0 Å². The third-order valence-corrected chi connectivity index (χ3v) is 4.41. The van der Waals surface area contributed by atoms with E-state index in [4.69, 9.17) is 0 Å². The van der Waals surface area contributed by atoms with Gasteiger partial charge in [-0.05, 0) is 43.9 Å². The summed E-state index contributed by atoms with van der Waals surface area (Å²) in [6.45, 7) is 5.22. The highest BCUT2D eigenvalue weighted by atomic mass is 16.2. The normalized spacial score (nSPS) is 24.1. The second-order valence-electron chi connectivity index (χ2n) is 6.01. The minimum Gasteiger partial charge on any atom is -0.325 e. The van der Waals surface area contributed by atoms with Crippen molar-refractivity contribution in [1.29, 1.82) is 0 Å². The van der Waals surface area contributed by atoms with Gasteiger partial charge in [0.15, 0.2) is 0 Å². The minimum atomic E-state index is -0.149. The first kappa shape index (κ1) is 15.0. The first-order valence-corrected chi connectivity index (χ1v) is 7.76. The molecule has 3 atom stereocenters. The molecule has 3 unspecified atom stereocenters. The lowest BCUT2D eigenvalue weighted by atomic mass is 9.80. The number of carbonyl (C=O) groups excluding carboxylic acids is 1. The van der Waals surface area contributed by atoms with Crippen LogP contribution < -0.4 is 10.6 Å². The van der Waals surface area contributed by atoms with E-state index in [0.29, 0.717) is 0 Å². The topological polar surface area (TPSA) is 41.1 Å². The molecular formula is C17H26N2O. The summed E-state index contributed by atoms with van der Waals surface area (Å²) in [4.78, 5) is 12.1. The van der Waals surface area contributed by atoms with Crippen LogP contribution in [0.2, 0.25) is 0 Å². The van der Waals surface area contributed by atoms with Gasteiger partial charge in [0.25, 0.3) is 0 Å². The van der Waals surface area contributed by atoms with Crippen molar-refractivity contribution in [2.45, 2.75) is 45.6 Å². The number of para-hydroxylation sites is 1. The van der Waals surface area contributed by atoms with Gasteiger partial charge in [-0.1, -0.05) is 44.4 Å². The molecule has 1 aromatic rings. The SMILES string of the molecule is CC(NCC1CCCCC1C)C(=O)Nc1ccccc1. The molecule has 0 spiro atoms. The van der Waals surface area contributed by atoms with Crippen molar-refractivity contribution < 1.29 is 4.79 Å². The van der Waals surface area contributed by atoms with Crippen LogP contribution in [-0.2, 0) is 4.79 Å². The van der Waals surface area contributed by atoms with Crippen LogP contribution >= 0.6 is 0 Å². The molecule has 0 heterocycles. The fourth-order valence-corrected chi connectivity index (χ4v) is 2.89. The van der Waals surface area contributed by atoms with Crippen LogP contribution in [0.25, 0.3) is 0 Å². The van der Waals surface area contributed by atoms with Crippen molar-refractivity contribution in [2.24, 2.45) is 11.8 Å². The molecule has 3 heteroatoms. The van der Waals surface area contributed by atoms with Gasteiger partial charge in [0.1, 0.15) is 0 Å². The van der Waals surface area contributed by atoms with E-state index in [0.717, 1.165) is 24.1 Å². The van der Waals surface area contributed by atoms with Crippen molar-refractivity contribution >= 4 is 11.6 Å². The van der Waals surface area contributed by atoms with Gasteiger partial charge in [0, 0.05) is 5.69 Å². The summed E-state index contributed by atoms with van der Waals surface area (Å²) in [7, 11) is 0. The molecule has 0 saturated heterocycles. The Morgan fingerprint density at radius 2 is 1.95 bits per heavy atom. The van der Waals surface area contributed by atoms with Crippen LogP contribution in [0.5, 0.6) is 0 Å². The zero-order valence-electron chi connectivity index (χ0n) is 12.6. The maximum Gasteiger partial charge on any atom is 0.241 e. The third kappa shape index (κ3) is 4.34. The highest BCUT2D eigenvalue weighted by Gasteiger charge is 2.22. The van der Waals surface area contributed by atoms with Gasteiger partial charge in [-0.15, -0.1) is 0 Å². The summed E-state index contributed by atoms with van der Waals surface area (Å²) < 4.78 is 0. The average Bonchev–Trinajstić information content (AvgIpc) is 2.47. The largest absolute Gasteiger partial charge is 0.325 e. The fourth-order valence-electron chi connectivity index (χ4n) is 2.89. The molecule has 3 nitrogen and oxygen atoms in total. The van der Waals surface area contributed by atoms with E-state index in [9.17, 15) is 4.79 Å². The molecule has 0 bridgehead atoms. The molecule has 0 radical (unpaired) electrons. The summed E-state index contributed by atoms with van der Waals surface area (Å²) in [5.41, 5.74) is 0.859. The Morgan fingerprint density at radius 1 is 1.25 bits per heavy atom. The molecule has 1 saturated carbocycles. The van der Waals surface area contributed by atoms with Gasteiger partial charge < -0.3 is 10.6 Å². The third-order valence-electron chi connectivity index (χ3n) is 4.41. The molecule has 110 valence electrons. The molecule has 1 fully saturated rings. The zero-order chi connectivity index (χ0) is 14.4. The molecule has 2 N–H and O–H groups in total. The molecule has 0 aromatic heterocycles. The van der Waals surface area contributed by atoms with E-state index in [1.807, 2.05) is 37.3 Å². The van der Waals surface area contributed by atoms with Crippen LogP contribution in [0, 0.1) is 11.8 Å². The van der Waals surface area contributed by atoms with Gasteiger partial charge in [0.2, 0.25) is 5.91 Å². The number of anilines is 1. The summed E-state index contributed by atoms with van der Waals surface area (Å²) >= 11 is 0. The van der Waals surface area contributed by atoms with Gasteiger partial charge in [-0.25, -0.2) is 0 Å². The van der Waals surface area contributed by atoms with Crippen LogP contribution in [0.15, 0.2) is 30.3 Å². The van der Waals surface area contributed by atoms with Crippen molar-refractivity contribution in [3.8, 4) is 0 Å². The number of amides is 1. The Labute approximate surface area is 122 Å². The summed E-state index contributed by atoms with van der Waals surface area (Å²) in [5.74, 6) is 1.54. The number of hydrogen-bond acceptors (Lipinski definition) is 2. The number of rotatable bonds is 5. The Bertz CT molecular complexity index is 418. The van der Waals surface area contributed by atoms with Crippen molar-refractivity contribution in [1.82, 2.24) is 5.32 Å². The van der Waals surface area contributed by atoms with Crippen molar-refractivity contribution in [2.75, 3.05) is 11.9 Å². The quantitative estimate of drug-likeness (QED) is 0.863. The van der Waals surface area contributed by atoms with Gasteiger partial charge >= 0.3 is 0 Å². The maximum atomic E-state index is 12.1. The minimum absolute atomic E-state index is 0.0414.